The van der Waals surface area contributed by atoms with Crippen molar-refractivity contribution >= 4 is 11.8 Å². The number of carboxylic acid groups (broad SMARTS) is 1. The molecule has 1 saturated heterocycles. The van der Waals surface area contributed by atoms with E-state index < -0.39 is 17.9 Å². The molecule has 2 aliphatic heterocycles. The molecule has 2 atom stereocenters. The third-order valence-electron chi connectivity index (χ3n) is 7.45. The fraction of sp³-hybridized carbons (Fsp3) is 0.379. The first-order chi connectivity index (χ1) is 17.5. The molecule has 0 spiro atoms. The van der Waals surface area contributed by atoms with Crippen LogP contribution in [-0.2, 0) is 24.4 Å². The van der Waals surface area contributed by atoms with Crippen molar-refractivity contribution in [2.75, 3.05) is 24.6 Å². The maximum Gasteiger partial charge on any atom is 0.308 e. The van der Waals surface area contributed by atoms with E-state index in [4.69, 9.17) is 9.72 Å². The molecule has 0 aliphatic carbocycles. The number of nitrogens with zero attached hydrogens (tertiary/aromatic N) is 2. The van der Waals surface area contributed by atoms with Crippen molar-refractivity contribution in [1.82, 2.24) is 10.3 Å². The topological polar surface area (TPSA) is 94.9 Å². The number of rotatable bonds is 7. The lowest BCUT2D eigenvalue weighted by Crippen LogP contribution is -2.39. The van der Waals surface area contributed by atoms with E-state index in [9.17, 15) is 15.0 Å². The van der Waals surface area contributed by atoms with Crippen LogP contribution in [0, 0.1) is 19.8 Å². The number of carbonyl (C=O) groups is 1. The molecule has 0 amide bonds. The van der Waals surface area contributed by atoms with Gasteiger partial charge < -0.3 is 25.2 Å². The van der Waals surface area contributed by atoms with E-state index in [1.807, 2.05) is 48.2 Å². The zero-order valence-corrected chi connectivity index (χ0v) is 20.8. The number of para-hydroxylation sites is 1. The predicted molar refractivity (Wildman–Crippen MR) is 139 cm³/mol. The van der Waals surface area contributed by atoms with Crippen LogP contribution in [0.1, 0.15) is 34.2 Å². The van der Waals surface area contributed by atoms with Gasteiger partial charge in [0.05, 0.1) is 24.3 Å². The molecule has 7 heteroatoms. The quantitative estimate of drug-likeness (QED) is 0.466. The average molecular weight is 488 g/mol. The van der Waals surface area contributed by atoms with Gasteiger partial charge >= 0.3 is 5.97 Å². The lowest BCUT2D eigenvalue weighted by Gasteiger charge is -2.26. The van der Waals surface area contributed by atoms with E-state index in [0.717, 1.165) is 47.6 Å². The number of ether oxygens (including phenoxy) is 1. The molecule has 3 aromatic rings. The van der Waals surface area contributed by atoms with Gasteiger partial charge in [0.2, 0.25) is 0 Å². The molecule has 188 valence electrons. The third kappa shape index (κ3) is 4.68. The van der Waals surface area contributed by atoms with Gasteiger partial charge in [0.1, 0.15) is 18.2 Å². The van der Waals surface area contributed by atoms with Gasteiger partial charge in [0.25, 0.3) is 0 Å². The Morgan fingerprint density at radius 3 is 2.81 bits per heavy atom. The molecular formula is C29H33N3O4. The molecule has 3 heterocycles. The van der Waals surface area contributed by atoms with Crippen LogP contribution >= 0.6 is 0 Å². The van der Waals surface area contributed by atoms with Crippen LogP contribution in [0.5, 0.6) is 5.75 Å². The average Bonchev–Trinajstić information content (AvgIpc) is 3.33. The van der Waals surface area contributed by atoms with E-state index in [-0.39, 0.29) is 6.61 Å². The first kappa shape index (κ1) is 24.3. The molecule has 36 heavy (non-hydrogen) atoms. The van der Waals surface area contributed by atoms with Gasteiger partial charge in [-0.05, 0) is 79.3 Å². The Morgan fingerprint density at radius 1 is 1.17 bits per heavy atom. The number of aryl methyl sites for hydroxylation is 2. The number of fused-ring (bicyclic) bond motifs is 1. The second kappa shape index (κ2) is 10.3. The van der Waals surface area contributed by atoms with Gasteiger partial charge in [-0.25, -0.2) is 4.98 Å². The van der Waals surface area contributed by atoms with Gasteiger partial charge in [0.15, 0.2) is 0 Å². The van der Waals surface area contributed by atoms with E-state index >= 15 is 0 Å². The number of nitrogens with one attached hydrogen (secondary N) is 1. The maximum absolute atomic E-state index is 11.6. The number of pyridine rings is 1. The van der Waals surface area contributed by atoms with Gasteiger partial charge in [-0.2, -0.15) is 0 Å². The molecule has 5 rings (SSSR count). The van der Waals surface area contributed by atoms with Crippen molar-refractivity contribution in [3.8, 4) is 17.0 Å². The summed E-state index contributed by atoms with van der Waals surface area (Å²) in [6, 6.07) is 15.8. The molecule has 2 aromatic carbocycles. The van der Waals surface area contributed by atoms with Crippen molar-refractivity contribution in [1.29, 1.82) is 0 Å². The predicted octanol–water partition coefficient (Wildman–Crippen LogP) is 3.86. The molecule has 1 aromatic heterocycles. The van der Waals surface area contributed by atoms with Gasteiger partial charge in [-0.15, -0.1) is 0 Å². The molecule has 0 bridgehead atoms. The zero-order valence-electron chi connectivity index (χ0n) is 20.8. The van der Waals surface area contributed by atoms with Gasteiger partial charge in [-0.3, -0.25) is 4.79 Å². The van der Waals surface area contributed by atoms with E-state index in [0.29, 0.717) is 25.4 Å². The number of anilines is 1. The van der Waals surface area contributed by atoms with E-state index in [1.54, 1.807) is 0 Å². The Labute approximate surface area is 211 Å². The minimum atomic E-state index is -0.879. The highest BCUT2D eigenvalue weighted by molar-refractivity contribution is 5.74. The summed E-state index contributed by atoms with van der Waals surface area (Å²) < 4.78 is 6.42. The molecule has 2 unspecified atom stereocenters. The molecular weight excluding hydrogens is 454 g/mol. The molecule has 2 aliphatic rings. The number of hydrogen-bond acceptors (Lipinski definition) is 6. The van der Waals surface area contributed by atoms with E-state index in [1.165, 1.54) is 16.7 Å². The standard InChI is InChI=1S/C29H33N3O4/c1-18-5-3-6-22(28(18)36-17-20-13-19(2)24-15-30-11-9-21(24)14-20)25-7-4-8-27(31-25)32-12-10-23(29(34)35)26(32)16-33/h3-8,13-14,23,26,30,33H,9-12,15-17H2,1-2H3,(H,34,35). The van der Waals surface area contributed by atoms with Crippen LogP contribution in [0.3, 0.4) is 0 Å². The number of aliphatic carboxylic acids is 1. The highest BCUT2D eigenvalue weighted by Gasteiger charge is 2.39. The number of benzene rings is 2. The van der Waals surface area contributed by atoms with Crippen LogP contribution in [0.2, 0.25) is 0 Å². The van der Waals surface area contributed by atoms with Crippen LogP contribution in [-0.4, -0.2) is 46.9 Å². The van der Waals surface area contributed by atoms with Crippen molar-refractivity contribution in [2.24, 2.45) is 5.92 Å². The first-order valence-electron chi connectivity index (χ1n) is 12.6. The maximum atomic E-state index is 11.6. The number of aliphatic hydroxyl groups is 1. The SMILES string of the molecule is Cc1cc(COc2c(C)cccc2-c2cccc(N3CCC(C(=O)O)C3CO)n2)cc2c1CNCC2. The van der Waals surface area contributed by atoms with Crippen molar-refractivity contribution in [3.63, 3.8) is 0 Å². The number of carboxylic acids is 1. The minimum absolute atomic E-state index is 0.224. The number of aromatic nitrogens is 1. The molecule has 7 nitrogen and oxygen atoms in total. The summed E-state index contributed by atoms with van der Waals surface area (Å²) in [7, 11) is 0. The fourth-order valence-electron chi connectivity index (χ4n) is 5.55. The minimum Gasteiger partial charge on any atom is -0.488 e. The van der Waals surface area contributed by atoms with Gasteiger partial charge in [-0.1, -0.05) is 30.3 Å². The van der Waals surface area contributed by atoms with Crippen LogP contribution in [0.4, 0.5) is 5.82 Å². The Bertz CT molecular complexity index is 1280. The Morgan fingerprint density at radius 2 is 2.00 bits per heavy atom. The molecule has 1 fully saturated rings. The van der Waals surface area contributed by atoms with Crippen LogP contribution in [0.25, 0.3) is 11.3 Å². The Balaban J connectivity index is 1.42. The highest BCUT2D eigenvalue weighted by Crippen LogP contribution is 2.35. The largest absolute Gasteiger partial charge is 0.488 e. The summed E-state index contributed by atoms with van der Waals surface area (Å²) in [6.45, 7) is 6.91. The van der Waals surface area contributed by atoms with Crippen molar-refractivity contribution in [3.05, 3.63) is 76.3 Å². The Kier molecular flexibility index (Phi) is 6.94. The highest BCUT2D eigenvalue weighted by atomic mass is 16.5. The first-order valence-corrected chi connectivity index (χ1v) is 12.6. The number of aliphatic hydroxyl groups excluding tert-OH is 1. The van der Waals surface area contributed by atoms with Crippen LogP contribution in [0.15, 0.2) is 48.5 Å². The summed E-state index contributed by atoms with van der Waals surface area (Å²) in [5.74, 6) is -0.0191. The lowest BCUT2D eigenvalue weighted by atomic mass is 9.94. The van der Waals surface area contributed by atoms with Gasteiger partial charge in [0, 0.05) is 18.7 Å². The Hall–Kier alpha value is -3.42. The summed E-state index contributed by atoms with van der Waals surface area (Å²) in [4.78, 5) is 18.4. The van der Waals surface area contributed by atoms with Crippen molar-refractivity contribution < 1.29 is 19.7 Å². The normalized spacial score (nSPS) is 19.2. The lowest BCUT2D eigenvalue weighted by molar-refractivity contribution is -0.142. The zero-order chi connectivity index (χ0) is 25.2. The molecule has 3 N–H and O–H groups in total. The monoisotopic (exact) mass is 487 g/mol. The molecule has 0 saturated carbocycles. The summed E-state index contributed by atoms with van der Waals surface area (Å²) in [5, 5.41) is 22.9. The summed E-state index contributed by atoms with van der Waals surface area (Å²) >= 11 is 0. The summed E-state index contributed by atoms with van der Waals surface area (Å²) in [6.07, 6.45) is 1.52. The second-order valence-corrected chi connectivity index (χ2v) is 9.78. The third-order valence-corrected chi connectivity index (χ3v) is 7.45. The van der Waals surface area contributed by atoms with Crippen LogP contribution < -0.4 is 15.0 Å². The fourth-order valence-corrected chi connectivity index (χ4v) is 5.55. The molecule has 0 radical (unpaired) electrons. The summed E-state index contributed by atoms with van der Waals surface area (Å²) in [5.41, 5.74) is 7.93. The second-order valence-electron chi connectivity index (χ2n) is 9.78. The number of hydrogen-bond donors (Lipinski definition) is 3. The van der Waals surface area contributed by atoms with Crippen molar-refractivity contribution in [2.45, 2.75) is 45.9 Å². The van der Waals surface area contributed by atoms with E-state index in [2.05, 4.69) is 24.4 Å². The smallest absolute Gasteiger partial charge is 0.308 e.